The highest BCUT2D eigenvalue weighted by molar-refractivity contribution is 5.95. The van der Waals surface area contributed by atoms with E-state index in [1.807, 2.05) is 30.5 Å². The number of aryl methyl sites for hydroxylation is 2. The smallest absolute Gasteiger partial charge is 0.161 e. The number of carbonyl (C=O) groups excluding carboxylic acids is 1. The molecule has 0 saturated carbocycles. The molecule has 0 atom stereocenters. The normalized spacial score (nSPS) is 10.8. The molecule has 0 radical (unpaired) electrons. The topological polar surface area (TPSA) is 34.4 Å². The predicted octanol–water partition coefficient (Wildman–Crippen LogP) is 2.15. The predicted molar refractivity (Wildman–Crippen MR) is 54.7 cm³/mol. The van der Waals surface area contributed by atoms with E-state index in [2.05, 4.69) is 4.98 Å². The summed E-state index contributed by atoms with van der Waals surface area (Å²) in [6, 6.07) is 1.90. The van der Waals surface area contributed by atoms with Crippen LogP contribution in [0.15, 0.2) is 18.5 Å². The van der Waals surface area contributed by atoms with E-state index in [1.165, 1.54) is 0 Å². The summed E-state index contributed by atoms with van der Waals surface area (Å²) in [6.45, 7) is 5.49. The lowest BCUT2D eigenvalue weighted by Gasteiger charge is -2.07. The van der Waals surface area contributed by atoms with Crippen LogP contribution < -0.4 is 0 Å². The summed E-state index contributed by atoms with van der Waals surface area (Å²) >= 11 is 0. The number of ketones is 1. The molecule has 0 saturated heterocycles. The minimum atomic E-state index is 0.0983. The fourth-order valence-electron chi connectivity index (χ4n) is 1.74. The second-order valence-electron chi connectivity index (χ2n) is 3.50. The van der Waals surface area contributed by atoms with Crippen molar-refractivity contribution in [2.24, 2.45) is 0 Å². The van der Waals surface area contributed by atoms with Crippen LogP contribution in [-0.2, 0) is 0 Å². The van der Waals surface area contributed by atoms with Crippen molar-refractivity contribution in [2.45, 2.75) is 20.8 Å². The van der Waals surface area contributed by atoms with Crippen LogP contribution in [0.5, 0.6) is 0 Å². The Morgan fingerprint density at radius 1 is 1.43 bits per heavy atom. The van der Waals surface area contributed by atoms with Crippen molar-refractivity contribution in [1.82, 2.24) is 9.38 Å². The first kappa shape index (κ1) is 8.94. The molecule has 0 aliphatic carbocycles. The average Bonchev–Trinajstić information content (AvgIpc) is 2.59. The fraction of sp³-hybridized carbons (Fsp3) is 0.273. The van der Waals surface area contributed by atoms with Crippen LogP contribution in [-0.4, -0.2) is 15.2 Å². The fourth-order valence-corrected chi connectivity index (χ4v) is 1.74. The standard InChI is InChI=1S/C11H12N2O/c1-7-6-10(9(3)14)8(2)13-5-4-12-11(7)13/h4-6H,1-3H3. The van der Waals surface area contributed by atoms with Gasteiger partial charge in [0.15, 0.2) is 5.78 Å². The molecule has 72 valence electrons. The van der Waals surface area contributed by atoms with E-state index in [4.69, 9.17) is 0 Å². The summed E-state index contributed by atoms with van der Waals surface area (Å²) < 4.78 is 1.95. The highest BCUT2D eigenvalue weighted by Gasteiger charge is 2.09. The third-order valence-electron chi connectivity index (χ3n) is 2.48. The van der Waals surface area contributed by atoms with Gasteiger partial charge in [0.25, 0.3) is 0 Å². The molecule has 0 unspecified atom stereocenters. The second-order valence-corrected chi connectivity index (χ2v) is 3.50. The van der Waals surface area contributed by atoms with E-state index in [0.717, 1.165) is 22.5 Å². The maximum absolute atomic E-state index is 11.4. The first-order chi connectivity index (χ1) is 6.61. The van der Waals surface area contributed by atoms with Crippen molar-refractivity contribution in [3.05, 3.63) is 35.3 Å². The molecule has 3 heteroatoms. The van der Waals surface area contributed by atoms with Gasteiger partial charge >= 0.3 is 0 Å². The number of hydrogen-bond donors (Lipinski definition) is 0. The van der Waals surface area contributed by atoms with Crippen LogP contribution in [0.2, 0.25) is 0 Å². The van der Waals surface area contributed by atoms with E-state index in [9.17, 15) is 4.79 Å². The minimum Gasteiger partial charge on any atom is -0.303 e. The monoisotopic (exact) mass is 188 g/mol. The number of imidazole rings is 1. The van der Waals surface area contributed by atoms with Gasteiger partial charge in [0.05, 0.1) is 0 Å². The van der Waals surface area contributed by atoms with Crippen LogP contribution in [0.4, 0.5) is 0 Å². The quantitative estimate of drug-likeness (QED) is 0.642. The van der Waals surface area contributed by atoms with Crippen molar-refractivity contribution < 1.29 is 4.79 Å². The Labute approximate surface area is 82.4 Å². The van der Waals surface area contributed by atoms with Gasteiger partial charge in [-0.05, 0) is 32.4 Å². The lowest BCUT2D eigenvalue weighted by atomic mass is 10.1. The molecular formula is C11H12N2O. The summed E-state index contributed by atoms with van der Waals surface area (Å²) in [5.41, 5.74) is 3.68. The first-order valence-corrected chi connectivity index (χ1v) is 4.55. The van der Waals surface area contributed by atoms with Crippen LogP contribution in [0.1, 0.15) is 28.5 Å². The van der Waals surface area contributed by atoms with Crippen molar-refractivity contribution in [3.8, 4) is 0 Å². The molecule has 0 spiro atoms. The number of fused-ring (bicyclic) bond motifs is 1. The number of carbonyl (C=O) groups is 1. The second kappa shape index (κ2) is 2.94. The van der Waals surface area contributed by atoms with Gasteiger partial charge in [-0.2, -0.15) is 0 Å². The lowest BCUT2D eigenvalue weighted by molar-refractivity contribution is 0.101. The number of Topliss-reactive ketones (excluding diaryl/α,β-unsaturated/α-hetero) is 1. The van der Waals surface area contributed by atoms with E-state index in [1.54, 1.807) is 13.1 Å². The molecular weight excluding hydrogens is 176 g/mol. The molecule has 0 aliphatic heterocycles. The zero-order chi connectivity index (χ0) is 10.3. The molecule has 0 amide bonds. The Morgan fingerprint density at radius 3 is 2.79 bits per heavy atom. The molecule has 0 aromatic carbocycles. The molecule has 2 aromatic rings. The largest absolute Gasteiger partial charge is 0.303 e. The molecule has 2 aromatic heterocycles. The highest BCUT2D eigenvalue weighted by atomic mass is 16.1. The Morgan fingerprint density at radius 2 is 2.14 bits per heavy atom. The van der Waals surface area contributed by atoms with Crippen molar-refractivity contribution in [3.63, 3.8) is 0 Å². The molecule has 0 N–H and O–H groups in total. The highest BCUT2D eigenvalue weighted by Crippen LogP contribution is 2.16. The number of hydrogen-bond acceptors (Lipinski definition) is 2. The lowest BCUT2D eigenvalue weighted by Crippen LogP contribution is -2.03. The Balaban J connectivity index is 2.88. The molecule has 3 nitrogen and oxygen atoms in total. The maximum atomic E-state index is 11.4. The van der Waals surface area contributed by atoms with Gasteiger partial charge < -0.3 is 4.40 Å². The van der Waals surface area contributed by atoms with Gasteiger partial charge in [0, 0.05) is 23.7 Å². The van der Waals surface area contributed by atoms with Gasteiger partial charge in [0.2, 0.25) is 0 Å². The number of rotatable bonds is 1. The van der Waals surface area contributed by atoms with Crippen LogP contribution in [0, 0.1) is 13.8 Å². The zero-order valence-corrected chi connectivity index (χ0v) is 8.53. The molecule has 2 rings (SSSR count). The summed E-state index contributed by atoms with van der Waals surface area (Å²) in [5.74, 6) is 0.0983. The van der Waals surface area contributed by atoms with Crippen LogP contribution >= 0.6 is 0 Å². The van der Waals surface area contributed by atoms with Crippen molar-refractivity contribution in [2.75, 3.05) is 0 Å². The van der Waals surface area contributed by atoms with E-state index < -0.39 is 0 Å². The SMILES string of the molecule is CC(=O)c1cc(C)c2nccn2c1C. The molecule has 0 fully saturated rings. The minimum absolute atomic E-state index is 0.0983. The zero-order valence-electron chi connectivity index (χ0n) is 8.53. The van der Waals surface area contributed by atoms with E-state index in [-0.39, 0.29) is 5.78 Å². The van der Waals surface area contributed by atoms with Crippen LogP contribution in [0.3, 0.4) is 0 Å². The third-order valence-corrected chi connectivity index (χ3v) is 2.48. The maximum Gasteiger partial charge on any atom is 0.161 e. The summed E-state index contributed by atoms with van der Waals surface area (Å²) in [6.07, 6.45) is 3.63. The molecule has 0 aliphatic rings. The molecule has 2 heterocycles. The first-order valence-electron chi connectivity index (χ1n) is 4.55. The molecule has 14 heavy (non-hydrogen) atoms. The van der Waals surface area contributed by atoms with Crippen molar-refractivity contribution in [1.29, 1.82) is 0 Å². The van der Waals surface area contributed by atoms with Crippen LogP contribution in [0.25, 0.3) is 5.65 Å². The van der Waals surface area contributed by atoms with Crippen molar-refractivity contribution >= 4 is 11.4 Å². The van der Waals surface area contributed by atoms with E-state index >= 15 is 0 Å². The number of pyridine rings is 1. The molecule has 0 bridgehead atoms. The number of nitrogens with zero attached hydrogens (tertiary/aromatic N) is 2. The summed E-state index contributed by atoms with van der Waals surface area (Å²) in [4.78, 5) is 15.6. The van der Waals surface area contributed by atoms with Gasteiger partial charge in [-0.1, -0.05) is 0 Å². The van der Waals surface area contributed by atoms with Gasteiger partial charge in [-0.15, -0.1) is 0 Å². The Kier molecular flexibility index (Phi) is 1.88. The third kappa shape index (κ3) is 1.13. The summed E-state index contributed by atoms with van der Waals surface area (Å²) in [7, 11) is 0. The average molecular weight is 188 g/mol. The number of aromatic nitrogens is 2. The van der Waals surface area contributed by atoms with Gasteiger partial charge in [0.1, 0.15) is 5.65 Å². The summed E-state index contributed by atoms with van der Waals surface area (Å²) in [5, 5.41) is 0. The van der Waals surface area contributed by atoms with Gasteiger partial charge in [-0.3, -0.25) is 4.79 Å². The Bertz CT molecular complexity index is 511. The van der Waals surface area contributed by atoms with E-state index in [0.29, 0.717) is 0 Å². The van der Waals surface area contributed by atoms with Gasteiger partial charge in [-0.25, -0.2) is 4.98 Å². The Hall–Kier alpha value is -1.64.